The van der Waals surface area contributed by atoms with Gasteiger partial charge < -0.3 is 15.0 Å². The summed E-state index contributed by atoms with van der Waals surface area (Å²) in [5.41, 5.74) is 2.83. The van der Waals surface area contributed by atoms with Gasteiger partial charge in [0, 0.05) is 30.9 Å². The smallest absolute Gasteiger partial charge is 0.256 e. The molecule has 2 aromatic carbocycles. The Kier molecular flexibility index (Phi) is 7.78. The number of carbonyl (C=O) groups excluding carboxylic acids is 1. The number of methoxy groups -OCH3 is 1. The molecule has 1 aromatic heterocycles. The summed E-state index contributed by atoms with van der Waals surface area (Å²) in [5, 5.41) is 3.08. The molecule has 1 amide bonds. The van der Waals surface area contributed by atoms with Gasteiger partial charge >= 0.3 is 0 Å². The molecule has 6 nitrogen and oxygen atoms in total. The lowest BCUT2D eigenvalue weighted by molar-refractivity contribution is 0.0939. The lowest BCUT2D eigenvalue weighted by atomic mass is 9.90. The number of amides is 1. The second-order valence-corrected chi connectivity index (χ2v) is 9.06. The Morgan fingerprint density at radius 3 is 2.47 bits per heavy atom. The molecular weight excluding hydrogens is 424 g/mol. The molecule has 178 valence electrons. The van der Waals surface area contributed by atoms with Crippen molar-refractivity contribution in [1.29, 1.82) is 0 Å². The van der Waals surface area contributed by atoms with E-state index in [4.69, 9.17) is 9.72 Å². The molecule has 34 heavy (non-hydrogen) atoms. The van der Waals surface area contributed by atoms with Crippen LogP contribution in [0.2, 0.25) is 0 Å². The highest BCUT2D eigenvalue weighted by Crippen LogP contribution is 2.29. The van der Waals surface area contributed by atoms with Crippen molar-refractivity contribution < 1.29 is 9.53 Å². The maximum Gasteiger partial charge on any atom is 0.256 e. The van der Waals surface area contributed by atoms with Gasteiger partial charge in [0.25, 0.3) is 5.91 Å². The molecule has 0 radical (unpaired) electrons. The molecular formula is C28H34N4O2. The molecule has 1 aliphatic heterocycles. The van der Waals surface area contributed by atoms with E-state index >= 15 is 0 Å². The molecule has 1 saturated heterocycles. The summed E-state index contributed by atoms with van der Waals surface area (Å²) in [6.45, 7) is 5.83. The summed E-state index contributed by atoms with van der Waals surface area (Å²) in [4.78, 5) is 24.8. The highest BCUT2D eigenvalue weighted by molar-refractivity contribution is 5.99. The molecule has 0 spiro atoms. The van der Waals surface area contributed by atoms with Crippen molar-refractivity contribution in [3.8, 4) is 17.1 Å². The van der Waals surface area contributed by atoms with E-state index in [9.17, 15) is 4.79 Å². The Balaban J connectivity index is 1.56. The van der Waals surface area contributed by atoms with Gasteiger partial charge in [-0.25, -0.2) is 9.97 Å². The molecule has 0 bridgehead atoms. The lowest BCUT2D eigenvalue weighted by Crippen LogP contribution is -2.38. The fraction of sp³-hybridized carbons (Fsp3) is 0.393. The zero-order chi connectivity index (χ0) is 23.9. The average Bonchev–Trinajstić information content (AvgIpc) is 2.89. The third-order valence-corrected chi connectivity index (χ3v) is 6.63. The number of rotatable bonds is 8. The molecule has 0 unspecified atom stereocenters. The summed E-state index contributed by atoms with van der Waals surface area (Å²) in [6, 6.07) is 18.5. The maximum absolute atomic E-state index is 13.1. The monoisotopic (exact) mass is 458 g/mol. The van der Waals surface area contributed by atoms with Crippen molar-refractivity contribution in [2.45, 2.75) is 45.6 Å². The Morgan fingerprint density at radius 1 is 1.12 bits per heavy atom. The third-order valence-electron chi connectivity index (χ3n) is 6.63. The van der Waals surface area contributed by atoms with Gasteiger partial charge in [-0.2, -0.15) is 0 Å². The van der Waals surface area contributed by atoms with E-state index in [0.717, 1.165) is 55.9 Å². The molecule has 3 aromatic rings. The van der Waals surface area contributed by atoms with Crippen molar-refractivity contribution in [3.63, 3.8) is 0 Å². The molecule has 6 heteroatoms. The van der Waals surface area contributed by atoms with Crippen molar-refractivity contribution in [2.75, 3.05) is 25.1 Å². The first-order valence-electron chi connectivity index (χ1n) is 12.2. The Hall–Kier alpha value is -3.41. The van der Waals surface area contributed by atoms with E-state index in [1.807, 2.05) is 31.2 Å². The van der Waals surface area contributed by atoms with Crippen LogP contribution in [0.1, 0.15) is 49.0 Å². The lowest BCUT2D eigenvalue weighted by Gasteiger charge is -2.34. The largest absolute Gasteiger partial charge is 0.497 e. The quantitative estimate of drug-likeness (QED) is 0.506. The first-order chi connectivity index (χ1) is 16.6. The minimum absolute atomic E-state index is 0.0956. The van der Waals surface area contributed by atoms with Gasteiger partial charge in [0.2, 0.25) is 0 Å². The number of benzene rings is 2. The topological polar surface area (TPSA) is 67.3 Å². The van der Waals surface area contributed by atoms with Crippen LogP contribution in [0.4, 0.5) is 5.82 Å². The van der Waals surface area contributed by atoms with Crippen LogP contribution < -0.4 is 15.0 Å². The minimum Gasteiger partial charge on any atom is -0.497 e. The molecule has 1 fully saturated rings. The second kappa shape index (κ2) is 11.1. The zero-order valence-corrected chi connectivity index (χ0v) is 20.3. The van der Waals surface area contributed by atoms with Crippen molar-refractivity contribution in [1.82, 2.24) is 15.3 Å². The van der Waals surface area contributed by atoms with Gasteiger partial charge in [-0.15, -0.1) is 0 Å². The van der Waals surface area contributed by atoms with E-state index in [-0.39, 0.29) is 11.9 Å². The van der Waals surface area contributed by atoms with Gasteiger partial charge in [0.05, 0.1) is 7.11 Å². The average molecular weight is 459 g/mol. The number of aromatic nitrogens is 2. The van der Waals surface area contributed by atoms with Crippen LogP contribution in [0.3, 0.4) is 0 Å². The van der Waals surface area contributed by atoms with Crippen LogP contribution in [0.5, 0.6) is 5.75 Å². The predicted octanol–water partition coefficient (Wildman–Crippen LogP) is 5.14. The number of hydrogen-bond donors (Lipinski definition) is 1. The number of anilines is 1. The highest BCUT2D eigenvalue weighted by Gasteiger charge is 2.26. The van der Waals surface area contributed by atoms with E-state index in [2.05, 4.69) is 52.5 Å². The molecule has 1 aliphatic rings. The summed E-state index contributed by atoms with van der Waals surface area (Å²) in [5.74, 6) is 2.65. The van der Waals surface area contributed by atoms with Crippen molar-refractivity contribution in [3.05, 3.63) is 71.9 Å². The molecule has 1 N–H and O–H groups in total. The normalized spacial score (nSPS) is 15.1. The number of hydrogen-bond acceptors (Lipinski definition) is 5. The minimum atomic E-state index is -0.114. The fourth-order valence-corrected chi connectivity index (χ4v) is 4.35. The molecule has 2 heterocycles. The van der Waals surface area contributed by atoms with E-state index < -0.39 is 0 Å². The van der Waals surface area contributed by atoms with E-state index in [1.54, 1.807) is 13.3 Å². The Bertz CT molecular complexity index is 1080. The summed E-state index contributed by atoms with van der Waals surface area (Å²) < 4.78 is 5.27. The van der Waals surface area contributed by atoms with Gasteiger partial charge in [0.1, 0.15) is 17.1 Å². The molecule has 0 saturated carbocycles. The number of nitrogens with one attached hydrogen (secondary N) is 1. The van der Waals surface area contributed by atoms with Crippen molar-refractivity contribution >= 4 is 11.7 Å². The van der Waals surface area contributed by atoms with Crippen LogP contribution in [-0.2, 0) is 6.42 Å². The number of piperidine rings is 1. The maximum atomic E-state index is 13.1. The van der Waals surface area contributed by atoms with Crippen LogP contribution in [0.15, 0.2) is 60.8 Å². The fourth-order valence-electron chi connectivity index (χ4n) is 4.35. The third kappa shape index (κ3) is 5.74. The van der Waals surface area contributed by atoms with E-state index in [0.29, 0.717) is 17.3 Å². The van der Waals surface area contributed by atoms with E-state index in [1.165, 1.54) is 5.56 Å². The zero-order valence-electron chi connectivity index (χ0n) is 20.3. The summed E-state index contributed by atoms with van der Waals surface area (Å²) >= 11 is 0. The highest BCUT2D eigenvalue weighted by atomic mass is 16.5. The second-order valence-electron chi connectivity index (χ2n) is 9.06. The van der Waals surface area contributed by atoms with Crippen LogP contribution in [-0.4, -0.2) is 42.1 Å². The van der Waals surface area contributed by atoms with Gasteiger partial charge in [-0.05, 0) is 68.4 Å². The van der Waals surface area contributed by atoms with Crippen LogP contribution in [0, 0.1) is 5.92 Å². The van der Waals surface area contributed by atoms with Gasteiger partial charge in [-0.1, -0.05) is 37.3 Å². The number of carbonyl (C=O) groups is 1. The molecule has 0 aliphatic carbocycles. The standard InChI is InChI=1S/C28H34N4O2/c1-4-20(2)30-28(33)25-19-29-26(23-10-12-24(34-3)13-11-23)31-27(25)32-16-14-22(15-17-32)18-21-8-6-5-7-9-21/h5-13,19-20,22H,4,14-18H2,1-3H3,(H,30,33)/t20-/m1/s1. The molecule has 4 rings (SSSR count). The summed E-state index contributed by atoms with van der Waals surface area (Å²) in [7, 11) is 1.65. The van der Waals surface area contributed by atoms with Crippen LogP contribution >= 0.6 is 0 Å². The molecule has 1 atom stereocenters. The number of nitrogens with zero attached hydrogens (tertiary/aromatic N) is 3. The van der Waals surface area contributed by atoms with Gasteiger partial charge in [0.15, 0.2) is 5.82 Å². The Morgan fingerprint density at radius 2 is 1.82 bits per heavy atom. The van der Waals surface area contributed by atoms with Gasteiger partial charge in [-0.3, -0.25) is 4.79 Å². The van der Waals surface area contributed by atoms with Crippen molar-refractivity contribution in [2.24, 2.45) is 5.92 Å². The first kappa shape index (κ1) is 23.7. The Labute approximate surface area is 202 Å². The SMILES string of the molecule is CC[C@@H](C)NC(=O)c1cnc(-c2ccc(OC)cc2)nc1N1CCC(Cc2ccccc2)CC1. The predicted molar refractivity (Wildman–Crippen MR) is 136 cm³/mol. The summed E-state index contributed by atoms with van der Waals surface area (Å²) in [6.07, 6.45) is 5.79. The first-order valence-corrected chi connectivity index (χ1v) is 12.2. The number of ether oxygens (including phenoxy) is 1. The van der Waals surface area contributed by atoms with Crippen LogP contribution in [0.25, 0.3) is 11.4 Å².